The second-order valence-corrected chi connectivity index (χ2v) is 10.7. The van der Waals surface area contributed by atoms with Crippen LogP contribution in [-0.4, -0.2) is 28.0 Å². The van der Waals surface area contributed by atoms with Crippen molar-refractivity contribution in [1.29, 1.82) is 5.26 Å². The fraction of sp³-hybridized carbons (Fsp3) is 0.258. The highest BCUT2D eigenvalue weighted by molar-refractivity contribution is 6.31. The van der Waals surface area contributed by atoms with Gasteiger partial charge in [0, 0.05) is 21.5 Å². The number of nitriles is 1. The van der Waals surface area contributed by atoms with Gasteiger partial charge in [0.05, 0.1) is 24.4 Å². The lowest BCUT2D eigenvalue weighted by Crippen LogP contribution is -2.15. The number of rotatable bonds is 8. The molecule has 4 aromatic rings. The maximum absolute atomic E-state index is 12.8. The first-order valence-corrected chi connectivity index (χ1v) is 13.3. The van der Waals surface area contributed by atoms with E-state index in [1.54, 1.807) is 22.9 Å². The predicted octanol–water partition coefficient (Wildman–Crippen LogP) is 7.87. The third-order valence-electron chi connectivity index (χ3n) is 6.94. The number of carboxylic acid groups (broad SMARTS) is 1. The minimum atomic E-state index is -1.14. The second kappa shape index (κ2) is 11.5. The largest absolute Gasteiger partial charge is 0.494 e. The standard InChI is InChI=1S/C31H29Cl2N3O3/c1-17(2)30-28(29(31(37)38)35-36(30)26-13-20(16-34)7-11-27(26)39-5)25(24-10-9-22(32)12-19(24)4)15-21-14-23(33)8-6-18(21)3/h6-14,17,25H,15H2,1-5H3,(H,37,38). The number of aryl methyl sites for hydroxylation is 2. The number of hydrogen-bond donors (Lipinski definition) is 1. The molecule has 0 aliphatic rings. The first kappa shape index (κ1) is 28.2. The summed E-state index contributed by atoms with van der Waals surface area (Å²) in [4.78, 5) is 12.8. The molecule has 0 amide bonds. The summed E-state index contributed by atoms with van der Waals surface area (Å²) in [5.41, 5.74) is 6.12. The maximum Gasteiger partial charge on any atom is 0.356 e. The van der Waals surface area contributed by atoms with Crippen molar-refractivity contribution in [3.63, 3.8) is 0 Å². The van der Waals surface area contributed by atoms with Crippen LogP contribution in [0.25, 0.3) is 5.69 Å². The fourth-order valence-electron chi connectivity index (χ4n) is 5.09. The number of ether oxygens (including phenoxy) is 1. The minimum Gasteiger partial charge on any atom is -0.494 e. The van der Waals surface area contributed by atoms with Crippen LogP contribution in [-0.2, 0) is 6.42 Å². The smallest absolute Gasteiger partial charge is 0.356 e. The summed E-state index contributed by atoms with van der Waals surface area (Å²) in [7, 11) is 1.53. The van der Waals surface area contributed by atoms with Gasteiger partial charge in [-0.05, 0) is 90.9 Å². The first-order chi connectivity index (χ1) is 18.5. The zero-order valence-corrected chi connectivity index (χ0v) is 23.9. The summed E-state index contributed by atoms with van der Waals surface area (Å²) in [6.45, 7) is 7.98. The number of carbonyl (C=O) groups is 1. The van der Waals surface area contributed by atoms with Gasteiger partial charge < -0.3 is 9.84 Å². The van der Waals surface area contributed by atoms with Crippen LogP contribution in [0.2, 0.25) is 10.0 Å². The molecule has 0 spiro atoms. The highest BCUT2D eigenvalue weighted by Crippen LogP contribution is 2.41. The molecule has 6 nitrogen and oxygen atoms in total. The highest BCUT2D eigenvalue weighted by Gasteiger charge is 2.33. The molecule has 4 rings (SSSR count). The Morgan fingerprint density at radius 3 is 2.36 bits per heavy atom. The van der Waals surface area contributed by atoms with Crippen LogP contribution in [0.15, 0.2) is 54.6 Å². The van der Waals surface area contributed by atoms with E-state index in [9.17, 15) is 15.2 Å². The molecule has 1 aromatic heterocycles. The fourth-order valence-corrected chi connectivity index (χ4v) is 5.51. The van der Waals surface area contributed by atoms with E-state index in [1.807, 2.05) is 64.1 Å². The number of hydrogen-bond acceptors (Lipinski definition) is 4. The van der Waals surface area contributed by atoms with E-state index >= 15 is 0 Å². The van der Waals surface area contributed by atoms with E-state index in [0.717, 1.165) is 27.9 Å². The summed E-state index contributed by atoms with van der Waals surface area (Å²) in [6, 6.07) is 18.5. The predicted molar refractivity (Wildman–Crippen MR) is 154 cm³/mol. The molecule has 0 aliphatic carbocycles. The SMILES string of the molecule is COc1ccc(C#N)cc1-n1nc(C(=O)O)c(C(Cc2cc(Cl)ccc2C)c2ccc(Cl)cc2C)c1C(C)C. The number of methoxy groups -OCH3 is 1. The maximum atomic E-state index is 12.8. The van der Waals surface area contributed by atoms with Crippen molar-refractivity contribution in [3.8, 4) is 17.5 Å². The van der Waals surface area contributed by atoms with Crippen molar-refractivity contribution in [3.05, 3.63) is 109 Å². The van der Waals surface area contributed by atoms with Crippen molar-refractivity contribution >= 4 is 29.2 Å². The van der Waals surface area contributed by atoms with Gasteiger partial charge in [0.25, 0.3) is 0 Å². The average molecular weight is 562 g/mol. The summed E-state index contributed by atoms with van der Waals surface area (Å²) in [6.07, 6.45) is 0.496. The van der Waals surface area contributed by atoms with Gasteiger partial charge in [-0.1, -0.05) is 49.2 Å². The monoisotopic (exact) mass is 561 g/mol. The Kier molecular flexibility index (Phi) is 8.34. The summed E-state index contributed by atoms with van der Waals surface area (Å²) in [5, 5.41) is 25.8. The Morgan fingerprint density at radius 1 is 1.05 bits per heavy atom. The van der Waals surface area contributed by atoms with Gasteiger partial charge in [-0.25, -0.2) is 9.48 Å². The van der Waals surface area contributed by atoms with E-state index in [2.05, 4.69) is 11.2 Å². The number of aromatic nitrogens is 2. The van der Waals surface area contributed by atoms with Crippen LogP contribution < -0.4 is 4.74 Å². The molecular formula is C31H29Cl2N3O3. The molecule has 1 unspecified atom stereocenters. The van der Waals surface area contributed by atoms with Crippen LogP contribution >= 0.6 is 23.2 Å². The third kappa shape index (κ3) is 5.66. The van der Waals surface area contributed by atoms with E-state index in [1.165, 1.54) is 7.11 Å². The van der Waals surface area contributed by atoms with Gasteiger partial charge in [0.2, 0.25) is 0 Å². The molecule has 1 N–H and O–H groups in total. The topological polar surface area (TPSA) is 88.1 Å². The summed E-state index contributed by atoms with van der Waals surface area (Å²) in [5.74, 6) is -1.15. The average Bonchev–Trinajstić information content (AvgIpc) is 3.30. The molecule has 0 radical (unpaired) electrons. The first-order valence-electron chi connectivity index (χ1n) is 12.5. The molecule has 8 heteroatoms. The zero-order valence-electron chi connectivity index (χ0n) is 22.4. The van der Waals surface area contributed by atoms with E-state index in [-0.39, 0.29) is 17.5 Å². The lowest BCUT2D eigenvalue weighted by Gasteiger charge is -2.24. The van der Waals surface area contributed by atoms with Gasteiger partial charge in [-0.2, -0.15) is 10.4 Å². The normalized spacial score (nSPS) is 11.9. The van der Waals surface area contributed by atoms with Gasteiger partial charge in [0.1, 0.15) is 11.4 Å². The molecule has 0 saturated carbocycles. The summed E-state index contributed by atoms with van der Waals surface area (Å²) < 4.78 is 7.22. The molecule has 1 heterocycles. The molecular weight excluding hydrogens is 533 g/mol. The van der Waals surface area contributed by atoms with Crippen LogP contribution in [0.1, 0.15) is 75.2 Å². The lowest BCUT2D eigenvalue weighted by molar-refractivity contribution is 0.0688. The van der Waals surface area contributed by atoms with E-state index < -0.39 is 5.97 Å². The van der Waals surface area contributed by atoms with Gasteiger partial charge >= 0.3 is 5.97 Å². The van der Waals surface area contributed by atoms with Crippen molar-refractivity contribution in [2.45, 2.75) is 46.0 Å². The van der Waals surface area contributed by atoms with Crippen LogP contribution in [0, 0.1) is 25.2 Å². The van der Waals surface area contributed by atoms with Crippen molar-refractivity contribution in [2.24, 2.45) is 0 Å². The third-order valence-corrected chi connectivity index (χ3v) is 7.41. The van der Waals surface area contributed by atoms with Gasteiger partial charge in [0.15, 0.2) is 5.69 Å². The Morgan fingerprint density at radius 2 is 1.74 bits per heavy atom. The van der Waals surface area contributed by atoms with Crippen molar-refractivity contribution in [1.82, 2.24) is 9.78 Å². The quantitative estimate of drug-likeness (QED) is 0.236. The minimum absolute atomic E-state index is 0.0536. The van der Waals surface area contributed by atoms with E-state index in [4.69, 9.17) is 27.9 Å². The molecule has 200 valence electrons. The highest BCUT2D eigenvalue weighted by atomic mass is 35.5. The van der Waals surface area contributed by atoms with Crippen molar-refractivity contribution in [2.75, 3.05) is 7.11 Å². The van der Waals surface area contributed by atoms with Gasteiger partial charge in [-0.3, -0.25) is 0 Å². The van der Waals surface area contributed by atoms with Crippen LogP contribution in [0.5, 0.6) is 5.75 Å². The number of nitrogens with zero attached hydrogens (tertiary/aromatic N) is 3. The van der Waals surface area contributed by atoms with E-state index in [0.29, 0.717) is 39.0 Å². The van der Waals surface area contributed by atoms with Crippen molar-refractivity contribution < 1.29 is 14.6 Å². The molecule has 0 bridgehead atoms. The molecule has 0 aliphatic heterocycles. The van der Waals surface area contributed by atoms with Crippen LogP contribution in [0.4, 0.5) is 0 Å². The van der Waals surface area contributed by atoms with Gasteiger partial charge in [-0.15, -0.1) is 0 Å². The number of halogens is 2. The number of benzene rings is 3. The van der Waals surface area contributed by atoms with Crippen LogP contribution in [0.3, 0.4) is 0 Å². The molecule has 0 fully saturated rings. The number of aromatic carboxylic acids is 1. The molecule has 3 aromatic carbocycles. The summed E-state index contributed by atoms with van der Waals surface area (Å²) >= 11 is 12.7. The molecule has 0 saturated heterocycles. The molecule has 1 atom stereocenters. The Bertz CT molecular complexity index is 1600. The second-order valence-electron chi connectivity index (χ2n) is 9.85. The Labute approximate surface area is 238 Å². The zero-order chi connectivity index (χ0) is 28.4. The molecule has 39 heavy (non-hydrogen) atoms. The lowest BCUT2D eigenvalue weighted by atomic mass is 9.80. The Balaban J connectivity index is 2.09. The number of carboxylic acids is 1. The Hall–Kier alpha value is -3.79.